The Kier molecular flexibility index (Phi) is 11.0. The molecule has 11 heteroatoms. The van der Waals surface area contributed by atoms with Crippen LogP contribution >= 0.6 is 0 Å². The first-order valence-corrected chi connectivity index (χ1v) is 14.2. The molecule has 1 unspecified atom stereocenters. The molecule has 1 aromatic heterocycles. The van der Waals surface area contributed by atoms with Crippen molar-refractivity contribution in [1.82, 2.24) is 10.3 Å². The molecule has 0 saturated carbocycles. The van der Waals surface area contributed by atoms with E-state index in [0.29, 0.717) is 6.17 Å². The molecule has 9 nitrogen and oxygen atoms in total. The summed E-state index contributed by atoms with van der Waals surface area (Å²) in [7, 11) is -6.01. The number of hydrogen-bond donors (Lipinski definition) is 3. The number of piperidine rings is 1. The van der Waals surface area contributed by atoms with E-state index in [1.54, 1.807) is 24.3 Å². The predicted molar refractivity (Wildman–Crippen MR) is 140 cm³/mol. The van der Waals surface area contributed by atoms with Crippen LogP contribution in [0.15, 0.2) is 82.8 Å². The number of aryl methyl sites for hydroxylation is 2. The summed E-state index contributed by atoms with van der Waals surface area (Å²) < 4.78 is 59.1. The molecule has 0 bridgehead atoms. The van der Waals surface area contributed by atoms with Gasteiger partial charge in [-0.2, -0.15) is 16.8 Å². The van der Waals surface area contributed by atoms with Crippen LogP contribution in [0.5, 0.6) is 0 Å². The van der Waals surface area contributed by atoms with Crippen LogP contribution in [0.25, 0.3) is 0 Å². The minimum atomic E-state index is -4.02. The zero-order chi connectivity index (χ0) is 26.8. The molecule has 0 radical (unpaired) electrons. The lowest BCUT2D eigenvalue weighted by atomic mass is 10.1. The summed E-state index contributed by atoms with van der Waals surface area (Å²) in [6, 6.07) is 16.1. The molecular formula is C25H33N3O6S2. The molecule has 1 fully saturated rings. The predicted octanol–water partition coefficient (Wildman–Crippen LogP) is 4.10. The van der Waals surface area contributed by atoms with Crippen molar-refractivity contribution in [3.8, 4) is 0 Å². The number of benzene rings is 2. The van der Waals surface area contributed by atoms with E-state index in [0.717, 1.165) is 17.7 Å². The van der Waals surface area contributed by atoms with E-state index in [2.05, 4.69) is 21.3 Å². The third-order valence-corrected chi connectivity index (χ3v) is 7.19. The van der Waals surface area contributed by atoms with Crippen molar-refractivity contribution in [1.29, 1.82) is 0 Å². The number of aromatic nitrogens is 1. The molecule has 1 saturated heterocycles. The quantitative estimate of drug-likeness (QED) is 0.422. The fraction of sp³-hybridized carbons (Fsp3) is 0.320. The number of rotatable bonds is 4. The van der Waals surface area contributed by atoms with Gasteiger partial charge in [0, 0.05) is 12.7 Å². The van der Waals surface area contributed by atoms with Crippen molar-refractivity contribution in [2.75, 3.05) is 18.5 Å². The highest BCUT2D eigenvalue weighted by molar-refractivity contribution is 7.86. The Bertz CT molecular complexity index is 1210. The van der Waals surface area contributed by atoms with E-state index >= 15 is 0 Å². The lowest BCUT2D eigenvalue weighted by Crippen LogP contribution is -2.47. The summed E-state index contributed by atoms with van der Waals surface area (Å²) in [5.74, 6) is 0. The van der Waals surface area contributed by atoms with Crippen molar-refractivity contribution in [2.24, 2.45) is 0 Å². The molecule has 3 N–H and O–H groups in total. The van der Waals surface area contributed by atoms with Gasteiger partial charge in [-0.05, 0) is 76.6 Å². The molecular weight excluding hydrogens is 502 g/mol. The fourth-order valence-corrected chi connectivity index (χ4v) is 4.44. The second-order valence-electron chi connectivity index (χ2n) is 8.28. The van der Waals surface area contributed by atoms with E-state index in [-0.39, 0.29) is 9.79 Å². The van der Waals surface area contributed by atoms with Crippen molar-refractivity contribution < 1.29 is 25.9 Å². The number of nitrogens with zero attached hydrogens (tertiary/aromatic N) is 2. The van der Waals surface area contributed by atoms with Crippen molar-refractivity contribution in [2.45, 2.75) is 49.1 Å². The van der Waals surface area contributed by atoms with Gasteiger partial charge in [-0.3, -0.25) is 14.1 Å². The third-order valence-electron chi connectivity index (χ3n) is 5.45. The minimum Gasteiger partial charge on any atom is -0.355 e. The van der Waals surface area contributed by atoms with E-state index in [4.69, 9.17) is 9.11 Å². The molecule has 4 rings (SSSR count). The first-order chi connectivity index (χ1) is 16.9. The number of nitrogens with one attached hydrogen (secondary N) is 1. The van der Waals surface area contributed by atoms with Crippen LogP contribution in [0.1, 0.15) is 30.4 Å². The van der Waals surface area contributed by atoms with Crippen LogP contribution in [0, 0.1) is 13.8 Å². The van der Waals surface area contributed by atoms with Gasteiger partial charge in [0.25, 0.3) is 20.2 Å². The van der Waals surface area contributed by atoms with Gasteiger partial charge in [0.15, 0.2) is 0 Å². The van der Waals surface area contributed by atoms with Gasteiger partial charge in [0.05, 0.1) is 27.8 Å². The molecule has 2 aromatic carbocycles. The highest BCUT2D eigenvalue weighted by Crippen LogP contribution is 2.22. The van der Waals surface area contributed by atoms with Crippen LogP contribution in [0.2, 0.25) is 0 Å². The fourth-order valence-electron chi connectivity index (χ4n) is 3.48. The van der Waals surface area contributed by atoms with Gasteiger partial charge in [-0.1, -0.05) is 35.4 Å². The summed E-state index contributed by atoms with van der Waals surface area (Å²) in [5, 5.41) is 3.35. The largest absolute Gasteiger partial charge is 0.355 e. The van der Waals surface area contributed by atoms with Crippen molar-refractivity contribution >= 4 is 25.9 Å². The Morgan fingerprint density at radius 2 is 1.33 bits per heavy atom. The van der Waals surface area contributed by atoms with E-state index in [1.807, 2.05) is 39.4 Å². The molecule has 1 atom stereocenters. The highest BCUT2D eigenvalue weighted by Gasteiger charge is 2.20. The lowest BCUT2D eigenvalue weighted by Gasteiger charge is -2.37. The number of hydrogen-bond acceptors (Lipinski definition) is 7. The zero-order valence-corrected chi connectivity index (χ0v) is 22.2. The maximum atomic E-state index is 10.5. The van der Waals surface area contributed by atoms with Crippen molar-refractivity contribution in [3.63, 3.8) is 0 Å². The maximum Gasteiger partial charge on any atom is 0.294 e. The average molecular weight is 536 g/mol. The van der Waals surface area contributed by atoms with Gasteiger partial charge in [0.1, 0.15) is 0 Å². The Hall–Kier alpha value is -2.83. The van der Waals surface area contributed by atoms with Crippen LogP contribution < -0.4 is 10.2 Å². The topological polar surface area (TPSA) is 137 Å². The first kappa shape index (κ1) is 29.4. The molecule has 2 heterocycles. The third kappa shape index (κ3) is 9.67. The zero-order valence-electron chi connectivity index (χ0n) is 20.6. The molecule has 1 aliphatic heterocycles. The summed E-state index contributed by atoms with van der Waals surface area (Å²) in [6.07, 6.45) is 8.08. The molecule has 36 heavy (non-hydrogen) atoms. The van der Waals surface area contributed by atoms with Crippen molar-refractivity contribution in [3.05, 3.63) is 84.2 Å². The summed E-state index contributed by atoms with van der Waals surface area (Å²) in [4.78, 5) is 6.43. The summed E-state index contributed by atoms with van der Waals surface area (Å²) >= 11 is 0. The molecule has 0 aliphatic carbocycles. The summed E-state index contributed by atoms with van der Waals surface area (Å²) in [5.41, 5.74) is 3.14. The van der Waals surface area contributed by atoms with Crippen LogP contribution in [-0.2, 0) is 20.2 Å². The lowest BCUT2D eigenvalue weighted by molar-refractivity contribution is 0.418. The Labute approximate surface area is 213 Å². The molecule has 196 valence electrons. The van der Waals surface area contributed by atoms with Gasteiger partial charge in [-0.15, -0.1) is 0 Å². The second kappa shape index (κ2) is 13.5. The molecule has 1 aliphatic rings. The number of pyridine rings is 1. The standard InChI is InChI=1S/C11H17N3.2C7H8O3S/c1-12-11-6-2-3-8-14(11)10-5-4-7-13-9-10;2*1-6-2-4-7(5-3-6)11(8,9)10/h4-5,7,9,11-12H,2-3,6,8H2,1H3;2*2-5H,1H3,(H,8,9,10). The summed E-state index contributed by atoms with van der Waals surface area (Å²) in [6.45, 7) is 4.82. The average Bonchev–Trinajstić information content (AvgIpc) is 2.85. The molecule has 3 aromatic rings. The van der Waals surface area contributed by atoms with E-state index < -0.39 is 20.2 Å². The smallest absolute Gasteiger partial charge is 0.294 e. The SMILES string of the molecule is CNC1CCCCN1c1cccnc1.Cc1ccc(S(=O)(=O)O)cc1.Cc1ccc(S(=O)(=O)O)cc1. The normalized spacial score (nSPS) is 15.7. The van der Waals surface area contributed by atoms with Gasteiger partial charge in [-0.25, -0.2) is 0 Å². The van der Waals surface area contributed by atoms with Crippen LogP contribution in [0.3, 0.4) is 0 Å². The van der Waals surface area contributed by atoms with E-state index in [1.165, 1.54) is 49.2 Å². The maximum absolute atomic E-state index is 10.5. The van der Waals surface area contributed by atoms with Gasteiger partial charge in [0.2, 0.25) is 0 Å². The Morgan fingerprint density at radius 3 is 1.72 bits per heavy atom. The molecule has 0 amide bonds. The molecule has 0 spiro atoms. The van der Waals surface area contributed by atoms with Crippen LogP contribution in [0.4, 0.5) is 5.69 Å². The Balaban J connectivity index is 0.000000193. The van der Waals surface area contributed by atoms with Gasteiger partial charge >= 0.3 is 0 Å². The monoisotopic (exact) mass is 535 g/mol. The van der Waals surface area contributed by atoms with Gasteiger partial charge < -0.3 is 10.2 Å². The highest BCUT2D eigenvalue weighted by atomic mass is 32.2. The van der Waals surface area contributed by atoms with Crippen LogP contribution in [-0.4, -0.2) is 50.7 Å². The second-order valence-corrected chi connectivity index (χ2v) is 11.1. The minimum absolute atomic E-state index is 0.0666. The number of anilines is 1. The first-order valence-electron chi connectivity index (χ1n) is 11.3. The Morgan fingerprint density at radius 1 is 0.833 bits per heavy atom. The van der Waals surface area contributed by atoms with E-state index in [9.17, 15) is 16.8 Å².